The summed E-state index contributed by atoms with van der Waals surface area (Å²) < 4.78 is 24.1. The lowest BCUT2D eigenvalue weighted by molar-refractivity contribution is 0.172. The summed E-state index contributed by atoms with van der Waals surface area (Å²) in [4.78, 5) is 0. The first-order chi connectivity index (χ1) is 8.75. The number of aromatic hydroxyl groups is 1. The summed E-state index contributed by atoms with van der Waals surface area (Å²) in [5, 5.41) is 13.2. The zero-order valence-corrected chi connectivity index (χ0v) is 10.0. The fraction of sp³-hybridized carbons (Fsp3) is 0.538. The van der Waals surface area contributed by atoms with Crippen LogP contribution in [-0.4, -0.2) is 25.0 Å². The van der Waals surface area contributed by atoms with Crippen LogP contribution in [0.2, 0.25) is 0 Å². The Morgan fingerprint density at radius 3 is 2.89 bits per heavy atom. The van der Waals surface area contributed by atoms with Crippen LogP contribution in [0.25, 0.3) is 0 Å². The van der Waals surface area contributed by atoms with Crippen molar-refractivity contribution in [3.8, 4) is 17.2 Å². The number of hydrogen-bond donors (Lipinski definition) is 2. The fourth-order valence-corrected chi connectivity index (χ4v) is 2.63. The summed E-state index contributed by atoms with van der Waals surface area (Å²) in [5.74, 6) is 0.426. The molecule has 1 saturated heterocycles. The van der Waals surface area contributed by atoms with Gasteiger partial charge in [-0.25, -0.2) is 4.39 Å². The quantitative estimate of drug-likeness (QED) is 0.844. The van der Waals surface area contributed by atoms with Crippen LogP contribution in [0.1, 0.15) is 18.4 Å². The van der Waals surface area contributed by atoms with Crippen molar-refractivity contribution < 1.29 is 19.0 Å². The number of phenols is 1. The second kappa shape index (κ2) is 4.65. The van der Waals surface area contributed by atoms with Gasteiger partial charge in [0.15, 0.2) is 23.1 Å². The van der Waals surface area contributed by atoms with E-state index in [1.54, 1.807) is 0 Å². The van der Waals surface area contributed by atoms with Crippen molar-refractivity contribution in [3.63, 3.8) is 0 Å². The molecule has 0 atom stereocenters. The third-order valence-corrected chi connectivity index (χ3v) is 3.64. The molecule has 0 aliphatic carbocycles. The molecule has 3 rings (SSSR count). The fourth-order valence-electron chi connectivity index (χ4n) is 2.63. The predicted octanol–water partition coefficient (Wildman–Crippen LogP) is 1.80. The third kappa shape index (κ3) is 1.99. The van der Waals surface area contributed by atoms with Gasteiger partial charge in [0.05, 0.1) is 0 Å². The average Bonchev–Trinajstić information content (AvgIpc) is 2.84. The van der Waals surface area contributed by atoms with E-state index in [2.05, 4.69) is 5.32 Å². The van der Waals surface area contributed by atoms with Crippen molar-refractivity contribution in [2.24, 2.45) is 5.92 Å². The molecule has 2 aliphatic heterocycles. The number of phenolic OH excluding ortho intramolecular Hbond substituents is 1. The Morgan fingerprint density at radius 2 is 2.11 bits per heavy atom. The molecular weight excluding hydrogens is 237 g/mol. The van der Waals surface area contributed by atoms with Gasteiger partial charge in [0.25, 0.3) is 0 Å². The van der Waals surface area contributed by atoms with Crippen molar-refractivity contribution in [3.05, 3.63) is 17.4 Å². The first-order valence-electron chi connectivity index (χ1n) is 6.26. The molecule has 98 valence electrons. The van der Waals surface area contributed by atoms with Crippen LogP contribution in [0.3, 0.4) is 0 Å². The molecule has 0 saturated carbocycles. The Morgan fingerprint density at radius 1 is 1.33 bits per heavy atom. The van der Waals surface area contributed by atoms with Gasteiger partial charge in [-0.3, -0.25) is 0 Å². The molecule has 5 heteroatoms. The number of halogens is 1. The standard InChI is InChI=1S/C13H16FNO3/c14-10-6-11-13(18-7-17-11)9(12(10)16)5-8-1-3-15-4-2-8/h6,8,15-16H,1-5,7H2. The average molecular weight is 253 g/mol. The molecule has 2 aliphatic rings. The normalized spacial score (nSPS) is 19.2. The van der Waals surface area contributed by atoms with Gasteiger partial charge in [-0.2, -0.15) is 0 Å². The van der Waals surface area contributed by atoms with E-state index in [-0.39, 0.29) is 12.5 Å². The van der Waals surface area contributed by atoms with E-state index < -0.39 is 5.82 Å². The maximum atomic E-state index is 13.6. The van der Waals surface area contributed by atoms with Crippen molar-refractivity contribution in [1.29, 1.82) is 0 Å². The van der Waals surface area contributed by atoms with Gasteiger partial charge < -0.3 is 19.9 Å². The van der Waals surface area contributed by atoms with Gasteiger partial charge in [0.2, 0.25) is 6.79 Å². The molecule has 0 unspecified atom stereocenters. The second-order valence-corrected chi connectivity index (χ2v) is 4.82. The monoisotopic (exact) mass is 253 g/mol. The number of nitrogens with one attached hydrogen (secondary N) is 1. The Balaban J connectivity index is 1.90. The lowest BCUT2D eigenvalue weighted by Crippen LogP contribution is -2.28. The molecule has 18 heavy (non-hydrogen) atoms. The van der Waals surface area contributed by atoms with Crippen LogP contribution in [0.5, 0.6) is 17.2 Å². The van der Waals surface area contributed by atoms with Gasteiger partial charge in [0, 0.05) is 11.6 Å². The maximum absolute atomic E-state index is 13.6. The highest BCUT2D eigenvalue weighted by atomic mass is 19.1. The lowest BCUT2D eigenvalue weighted by atomic mass is 9.90. The Labute approximate surface area is 105 Å². The van der Waals surface area contributed by atoms with Gasteiger partial charge >= 0.3 is 0 Å². The number of piperidine rings is 1. The van der Waals surface area contributed by atoms with E-state index in [0.29, 0.717) is 29.4 Å². The summed E-state index contributed by atoms with van der Waals surface area (Å²) >= 11 is 0. The summed E-state index contributed by atoms with van der Waals surface area (Å²) in [6, 6.07) is 1.18. The summed E-state index contributed by atoms with van der Waals surface area (Å²) in [6.45, 7) is 2.04. The molecule has 1 aromatic rings. The second-order valence-electron chi connectivity index (χ2n) is 4.82. The molecule has 1 aromatic carbocycles. The van der Waals surface area contributed by atoms with E-state index in [4.69, 9.17) is 9.47 Å². The predicted molar refractivity (Wildman–Crippen MR) is 63.5 cm³/mol. The topological polar surface area (TPSA) is 50.7 Å². The SMILES string of the molecule is Oc1c(F)cc2c(c1CC1CCNCC1)OCO2. The number of hydrogen-bond acceptors (Lipinski definition) is 4. The Kier molecular flexibility index (Phi) is 2.99. The maximum Gasteiger partial charge on any atom is 0.231 e. The van der Waals surface area contributed by atoms with Crippen molar-refractivity contribution in [2.45, 2.75) is 19.3 Å². The minimum Gasteiger partial charge on any atom is -0.505 e. The van der Waals surface area contributed by atoms with Crippen LogP contribution in [0.15, 0.2) is 6.07 Å². The minimum absolute atomic E-state index is 0.0947. The lowest BCUT2D eigenvalue weighted by Gasteiger charge is -2.23. The summed E-state index contributed by atoms with van der Waals surface area (Å²) in [7, 11) is 0. The first kappa shape index (κ1) is 11.6. The zero-order chi connectivity index (χ0) is 12.5. The zero-order valence-electron chi connectivity index (χ0n) is 10.0. The molecule has 1 fully saturated rings. The molecule has 0 bridgehead atoms. The van der Waals surface area contributed by atoms with E-state index in [0.717, 1.165) is 25.9 Å². The van der Waals surface area contributed by atoms with Crippen LogP contribution in [-0.2, 0) is 6.42 Å². The molecule has 0 aromatic heterocycles. The van der Waals surface area contributed by atoms with Gasteiger partial charge in [0.1, 0.15) is 0 Å². The Hall–Kier alpha value is -1.49. The summed E-state index contributed by atoms with van der Waals surface area (Å²) in [5.41, 5.74) is 0.550. The molecular formula is C13H16FNO3. The summed E-state index contributed by atoms with van der Waals surface area (Å²) in [6.07, 6.45) is 2.70. The number of benzene rings is 1. The number of ether oxygens (including phenoxy) is 2. The van der Waals surface area contributed by atoms with Crippen molar-refractivity contribution in [1.82, 2.24) is 5.32 Å². The molecule has 2 N–H and O–H groups in total. The third-order valence-electron chi connectivity index (χ3n) is 3.64. The van der Waals surface area contributed by atoms with Gasteiger partial charge in [-0.1, -0.05) is 0 Å². The van der Waals surface area contributed by atoms with E-state index in [1.807, 2.05) is 0 Å². The highest BCUT2D eigenvalue weighted by Gasteiger charge is 2.26. The highest BCUT2D eigenvalue weighted by molar-refractivity contribution is 5.55. The van der Waals surface area contributed by atoms with Crippen molar-refractivity contribution in [2.75, 3.05) is 19.9 Å². The number of rotatable bonds is 2. The van der Waals surface area contributed by atoms with Crippen LogP contribution in [0, 0.1) is 11.7 Å². The van der Waals surface area contributed by atoms with Crippen LogP contribution in [0.4, 0.5) is 4.39 Å². The number of fused-ring (bicyclic) bond motifs is 1. The van der Waals surface area contributed by atoms with Crippen LogP contribution >= 0.6 is 0 Å². The minimum atomic E-state index is -0.636. The molecule has 4 nitrogen and oxygen atoms in total. The van der Waals surface area contributed by atoms with Gasteiger partial charge in [-0.05, 0) is 38.3 Å². The van der Waals surface area contributed by atoms with Crippen LogP contribution < -0.4 is 14.8 Å². The van der Waals surface area contributed by atoms with E-state index in [9.17, 15) is 9.50 Å². The largest absolute Gasteiger partial charge is 0.505 e. The molecule has 0 amide bonds. The van der Waals surface area contributed by atoms with Crippen molar-refractivity contribution >= 4 is 0 Å². The molecule has 0 spiro atoms. The highest BCUT2D eigenvalue weighted by Crippen LogP contribution is 2.43. The smallest absolute Gasteiger partial charge is 0.231 e. The molecule has 2 heterocycles. The first-order valence-corrected chi connectivity index (χ1v) is 6.26. The Bertz CT molecular complexity index is 458. The van der Waals surface area contributed by atoms with E-state index in [1.165, 1.54) is 6.07 Å². The molecule has 0 radical (unpaired) electrons. The van der Waals surface area contributed by atoms with E-state index >= 15 is 0 Å². The van der Waals surface area contributed by atoms with Gasteiger partial charge in [-0.15, -0.1) is 0 Å².